The molecule has 1 aromatic carbocycles. The molecule has 27 heavy (non-hydrogen) atoms. The summed E-state index contributed by atoms with van der Waals surface area (Å²) in [6.07, 6.45) is 0. The van der Waals surface area contributed by atoms with Gasteiger partial charge in [0, 0.05) is 5.56 Å². The molecule has 0 aliphatic rings. The van der Waals surface area contributed by atoms with E-state index < -0.39 is 5.91 Å². The number of nitrogens with two attached hydrogens (primary N) is 1. The van der Waals surface area contributed by atoms with E-state index in [0.29, 0.717) is 17.3 Å². The third kappa shape index (κ3) is 3.64. The number of carbonyl (C=O) groups excluding carboxylic acids is 2. The number of rotatable bonds is 6. The van der Waals surface area contributed by atoms with Gasteiger partial charge >= 0.3 is 0 Å². The van der Waals surface area contributed by atoms with Gasteiger partial charge in [-0.2, -0.15) is 0 Å². The van der Waals surface area contributed by atoms with Crippen molar-refractivity contribution in [3.05, 3.63) is 53.3 Å². The fraction of sp³-hybridized carbons (Fsp3) is 0.158. The van der Waals surface area contributed by atoms with E-state index in [2.05, 4.69) is 15.5 Å². The quantitative estimate of drug-likeness (QED) is 0.643. The van der Waals surface area contributed by atoms with Crippen molar-refractivity contribution in [1.29, 1.82) is 0 Å². The third-order valence-corrected chi connectivity index (χ3v) is 3.97. The highest BCUT2D eigenvalue weighted by molar-refractivity contribution is 6.10. The van der Waals surface area contributed by atoms with Gasteiger partial charge in [0.25, 0.3) is 5.91 Å². The molecule has 0 fully saturated rings. The normalized spacial score (nSPS) is 10.5. The smallest absolute Gasteiger partial charge is 0.255 e. The second kappa shape index (κ2) is 7.28. The lowest BCUT2D eigenvalue weighted by Crippen LogP contribution is -2.16. The lowest BCUT2D eigenvalue weighted by molar-refractivity contribution is 0.0974. The van der Waals surface area contributed by atoms with Crippen molar-refractivity contribution >= 4 is 23.4 Å². The van der Waals surface area contributed by atoms with E-state index in [-0.39, 0.29) is 22.8 Å². The summed E-state index contributed by atoms with van der Waals surface area (Å²) in [6.45, 7) is 2.93. The Morgan fingerprint density at radius 3 is 2.30 bits per heavy atom. The molecule has 0 aliphatic heterocycles. The van der Waals surface area contributed by atoms with Crippen LogP contribution in [0.2, 0.25) is 0 Å². The van der Waals surface area contributed by atoms with Gasteiger partial charge in [-0.15, -0.1) is 10.2 Å². The predicted molar refractivity (Wildman–Crippen MR) is 99.3 cm³/mol. The van der Waals surface area contributed by atoms with Crippen LogP contribution in [0.4, 0.5) is 11.7 Å². The minimum Gasteiger partial charge on any atom is -0.497 e. The number of ketones is 1. The van der Waals surface area contributed by atoms with E-state index >= 15 is 0 Å². The number of amides is 1. The molecule has 0 radical (unpaired) electrons. The molecule has 1 amide bonds. The minimum absolute atomic E-state index is 0.000955. The molecule has 3 aromatic rings. The summed E-state index contributed by atoms with van der Waals surface area (Å²) in [4.78, 5) is 23.5. The standard InChI is InChI=1S/C19H18N4O4/c1-10(24)16-11(2)27-19(17(16)18(20)25)21-15-9-8-14(22-23-15)12-4-6-13(26-3)7-5-12/h4-9H,1-3H3,(H2,20,25)(H,21,23). The molecule has 138 valence electrons. The second-order valence-corrected chi connectivity index (χ2v) is 5.82. The first kappa shape index (κ1) is 18.1. The number of carbonyl (C=O) groups is 2. The summed E-state index contributed by atoms with van der Waals surface area (Å²) >= 11 is 0. The van der Waals surface area contributed by atoms with Gasteiger partial charge < -0.3 is 20.2 Å². The number of ether oxygens (including phenoxy) is 1. The summed E-state index contributed by atoms with van der Waals surface area (Å²) < 4.78 is 10.6. The van der Waals surface area contributed by atoms with E-state index in [1.807, 2.05) is 24.3 Å². The Kier molecular flexibility index (Phi) is 4.89. The number of aromatic nitrogens is 2. The molecule has 0 saturated heterocycles. The van der Waals surface area contributed by atoms with Crippen LogP contribution in [0.5, 0.6) is 5.75 Å². The Morgan fingerprint density at radius 2 is 1.78 bits per heavy atom. The number of Topliss-reactive ketones (excluding diaryl/α,β-unsaturated/α-hetero) is 1. The van der Waals surface area contributed by atoms with E-state index in [0.717, 1.165) is 11.3 Å². The third-order valence-electron chi connectivity index (χ3n) is 3.97. The maximum Gasteiger partial charge on any atom is 0.255 e. The van der Waals surface area contributed by atoms with Crippen LogP contribution in [0, 0.1) is 6.92 Å². The molecular formula is C19H18N4O4. The van der Waals surface area contributed by atoms with Gasteiger partial charge in [-0.05, 0) is 50.2 Å². The number of hydrogen-bond acceptors (Lipinski definition) is 7. The molecule has 2 aromatic heterocycles. The number of aryl methyl sites for hydroxylation is 1. The average molecular weight is 366 g/mol. The van der Waals surface area contributed by atoms with Crippen LogP contribution in [0.1, 0.15) is 33.4 Å². The number of hydrogen-bond donors (Lipinski definition) is 2. The maximum absolute atomic E-state index is 11.8. The van der Waals surface area contributed by atoms with Crippen LogP contribution in [0.15, 0.2) is 40.8 Å². The first-order valence-corrected chi connectivity index (χ1v) is 8.10. The number of nitrogens with zero attached hydrogens (tertiary/aromatic N) is 2. The molecule has 3 rings (SSSR count). The molecule has 0 spiro atoms. The van der Waals surface area contributed by atoms with Crippen molar-refractivity contribution in [3.63, 3.8) is 0 Å². The first-order valence-electron chi connectivity index (χ1n) is 8.10. The molecule has 0 unspecified atom stereocenters. The summed E-state index contributed by atoms with van der Waals surface area (Å²) in [7, 11) is 1.60. The van der Waals surface area contributed by atoms with Crippen LogP contribution in [0.3, 0.4) is 0 Å². The predicted octanol–water partition coefficient (Wildman–Crippen LogP) is 3.10. The van der Waals surface area contributed by atoms with Gasteiger partial charge in [0.2, 0.25) is 5.88 Å². The fourth-order valence-electron chi connectivity index (χ4n) is 2.72. The number of benzene rings is 1. The summed E-state index contributed by atoms with van der Waals surface area (Å²) in [6, 6.07) is 10.9. The topological polar surface area (TPSA) is 120 Å². The monoisotopic (exact) mass is 366 g/mol. The highest BCUT2D eigenvalue weighted by Gasteiger charge is 2.25. The Bertz CT molecular complexity index is 992. The van der Waals surface area contributed by atoms with Gasteiger partial charge in [-0.1, -0.05) is 0 Å². The van der Waals surface area contributed by atoms with Gasteiger partial charge in [0.15, 0.2) is 11.6 Å². The van der Waals surface area contributed by atoms with E-state index in [4.69, 9.17) is 14.9 Å². The molecule has 3 N–H and O–H groups in total. The Balaban J connectivity index is 1.88. The Morgan fingerprint density at radius 1 is 1.07 bits per heavy atom. The number of furan rings is 1. The largest absolute Gasteiger partial charge is 0.497 e. The Hall–Kier alpha value is -3.68. The second-order valence-electron chi connectivity index (χ2n) is 5.82. The molecule has 0 bridgehead atoms. The zero-order valence-corrected chi connectivity index (χ0v) is 15.1. The SMILES string of the molecule is COc1ccc(-c2ccc(Nc3oc(C)c(C(C)=O)c3C(N)=O)nn2)cc1. The van der Waals surface area contributed by atoms with Gasteiger partial charge in [0.05, 0.1) is 18.4 Å². The first-order chi connectivity index (χ1) is 12.9. The molecular weight excluding hydrogens is 348 g/mol. The molecule has 8 heteroatoms. The summed E-state index contributed by atoms with van der Waals surface area (Å²) in [5.41, 5.74) is 7.11. The number of nitrogens with one attached hydrogen (secondary N) is 1. The Labute approximate surface area is 155 Å². The van der Waals surface area contributed by atoms with Crippen LogP contribution >= 0.6 is 0 Å². The van der Waals surface area contributed by atoms with Crippen molar-refractivity contribution in [3.8, 4) is 17.0 Å². The lowest BCUT2D eigenvalue weighted by atomic mass is 10.1. The molecule has 8 nitrogen and oxygen atoms in total. The van der Waals surface area contributed by atoms with Crippen LogP contribution in [0.25, 0.3) is 11.3 Å². The maximum atomic E-state index is 11.8. The van der Waals surface area contributed by atoms with Gasteiger partial charge in [-0.25, -0.2) is 0 Å². The van der Waals surface area contributed by atoms with Crippen molar-refractivity contribution in [2.24, 2.45) is 5.73 Å². The molecule has 0 aliphatic carbocycles. The lowest BCUT2D eigenvalue weighted by Gasteiger charge is -2.06. The zero-order chi connectivity index (χ0) is 19.6. The minimum atomic E-state index is -0.762. The molecule has 0 atom stereocenters. The van der Waals surface area contributed by atoms with E-state index in [1.54, 1.807) is 26.2 Å². The number of primary amides is 1. The average Bonchev–Trinajstić information content (AvgIpc) is 2.98. The van der Waals surface area contributed by atoms with Gasteiger partial charge in [0.1, 0.15) is 17.1 Å². The molecule has 2 heterocycles. The molecule has 0 saturated carbocycles. The van der Waals surface area contributed by atoms with Gasteiger partial charge in [-0.3, -0.25) is 9.59 Å². The van der Waals surface area contributed by atoms with Crippen LogP contribution in [-0.2, 0) is 0 Å². The summed E-state index contributed by atoms with van der Waals surface area (Å²) in [5.74, 6) is 0.400. The fourth-order valence-corrected chi connectivity index (χ4v) is 2.72. The zero-order valence-electron chi connectivity index (χ0n) is 15.1. The highest BCUT2D eigenvalue weighted by Crippen LogP contribution is 2.29. The van der Waals surface area contributed by atoms with Crippen molar-refractivity contribution in [2.45, 2.75) is 13.8 Å². The van der Waals surface area contributed by atoms with Crippen molar-refractivity contribution < 1.29 is 18.7 Å². The highest BCUT2D eigenvalue weighted by atomic mass is 16.5. The number of methoxy groups -OCH3 is 1. The summed E-state index contributed by atoms with van der Waals surface area (Å²) in [5, 5.41) is 11.1. The van der Waals surface area contributed by atoms with Crippen molar-refractivity contribution in [2.75, 3.05) is 12.4 Å². The van der Waals surface area contributed by atoms with E-state index in [1.165, 1.54) is 6.92 Å². The van der Waals surface area contributed by atoms with Crippen LogP contribution < -0.4 is 15.8 Å². The number of anilines is 2. The van der Waals surface area contributed by atoms with Crippen LogP contribution in [-0.4, -0.2) is 29.0 Å². The van der Waals surface area contributed by atoms with Crippen molar-refractivity contribution in [1.82, 2.24) is 10.2 Å². The van der Waals surface area contributed by atoms with E-state index in [9.17, 15) is 9.59 Å².